The van der Waals surface area contributed by atoms with Crippen LogP contribution in [0, 0.1) is 0 Å². The van der Waals surface area contributed by atoms with E-state index >= 15 is 0 Å². The number of carbonyl (C=O) groups is 1. The van der Waals surface area contributed by atoms with Crippen molar-refractivity contribution in [3.63, 3.8) is 0 Å². The molecule has 2 atom stereocenters. The van der Waals surface area contributed by atoms with Gasteiger partial charge in [0.05, 0.1) is 12.6 Å². The number of carbonyl (C=O) groups excluding carboxylic acids is 1. The van der Waals surface area contributed by atoms with Crippen molar-refractivity contribution in [2.75, 3.05) is 26.2 Å². The third kappa shape index (κ3) is 5.41. The number of hydrogen-bond acceptors (Lipinski definition) is 4. The maximum Gasteiger partial charge on any atom is 0.407 e. The minimum Gasteiger partial charge on any atom is -0.444 e. The number of benzene rings is 1. The molecule has 1 aromatic rings. The van der Waals surface area contributed by atoms with Gasteiger partial charge >= 0.3 is 6.09 Å². The largest absolute Gasteiger partial charge is 0.444 e. The molecule has 29 heavy (non-hydrogen) atoms. The predicted molar refractivity (Wildman–Crippen MR) is 114 cm³/mol. The molecule has 160 valence electrons. The van der Waals surface area contributed by atoms with E-state index in [1.807, 2.05) is 45.9 Å². The molecule has 3 N–H and O–H groups in total. The highest BCUT2D eigenvalue weighted by Gasteiger charge is 2.37. The highest BCUT2D eigenvalue weighted by Crippen LogP contribution is 2.36. The van der Waals surface area contributed by atoms with Crippen LogP contribution in [0.15, 0.2) is 29.3 Å². The molecule has 7 nitrogen and oxygen atoms in total. The normalized spacial score (nSPS) is 24.4. The van der Waals surface area contributed by atoms with Crippen molar-refractivity contribution in [2.45, 2.75) is 64.2 Å². The molecule has 0 spiro atoms. The lowest BCUT2D eigenvalue weighted by atomic mass is 9.96. The Bertz CT molecular complexity index is 759. The second-order valence-corrected chi connectivity index (χ2v) is 8.94. The lowest BCUT2D eigenvalue weighted by Crippen LogP contribution is -2.44. The van der Waals surface area contributed by atoms with Crippen molar-refractivity contribution < 1.29 is 14.6 Å². The van der Waals surface area contributed by atoms with E-state index in [-0.39, 0.29) is 12.1 Å². The zero-order chi connectivity index (χ0) is 21.1. The highest BCUT2D eigenvalue weighted by atomic mass is 16.6. The van der Waals surface area contributed by atoms with Gasteiger partial charge in [0.25, 0.3) is 0 Å². The van der Waals surface area contributed by atoms with Gasteiger partial charge in [-0.2, -0.15) is 0 Å². The Morgan fingerprint density at radius 2 is 2.14 bits per heavy atom. The van der Waals surface area contributed by atoms with Gasteiger partial charge in [0.15, 0.2) is 5.96 Å². The van der Waals surface area contributed by atoms with Crippen molar-refractivity contribution >= 4 is 12.1 Å². The molecule has 1 aromatic carbocycles. The molecular formula is C22H34N4O3. The van der Waals surface area contributed by atoms with Crippen LogP contribution >= 0.6 is 0 Å². The molecule has 1 amide bonds. The van der Waals surface area contributed by atoms with Gasteiger partial charge in [-0.1, -0.05) is 24.3 Å². The van der Waals surface area contributed by atoms with Crippen molar-refractivity contribution in [1.82, 2.24) is 15.5 Å². The SMILES string of the molecule is CCNC(=NCC1(O)CCc2ccccc21)N1CC[C@@H](NC(=O)OC(C)(C)C)C1. The second kappa shape index (κ2) is 8.61. The average molecular weight is 403 g/mol. The maximum absolute atomic E-state index is 12.0. The van der Waals surface area contributed by atoms with E-state index in [1.54, 1.807) is 0 Å². The number of aryl methyl sites for hydroxylation is 1. The van der Waals surface area contributed by atoms with E-state index in [9.17, 15) is 9.90 Å². The zero-order valence-corrected chi connectivity index (χ0v) is 18.0. The van der Waals surface area contributed by atoms with Crippen LogP contribution in [-0.2, 0) is 16.8 Å². The summed E-state index contributed by atoms with van der Waals surface area (Å²) < 4.78 is 5.36. The molecule has 7 heteroatoms. The number of nitrogens with zero attached hydrogens (tertiary/aromatic N) is 2. The fraction of sp³-hybridized carbons (Fsp3) is 0.636. The van der Waals surface area contributed by atoms with Gasteiger partial charge in [-0.25, -0.2) is 9.79 Å². The third-order valence-corrected chi connectivity index (χ3v) is 5.36. The molecule has 3 rings (SSSR count). The Morgan fingerprint density at radius 1 is 1.38 bits per heavy atom. The van der Waals surface area contributed by atoms with Crippen LogP contribution in [-0.4, -0.2) is 59.9 Å². The quantitative estimate of drug-likeness (QED) is 0.532. The number of alkyl carbamates (subject to hydrolysis) is 1. The molecule has 0 bridgehead atoms. The van der Waals surface area contributed by atoms with Crippen LogP contribution in [0.1, 0.15) is 51.7 Å². The molecule has 0 aromatic heterocycles. The minimum atomic E-state index is -0.912. The van der Waals surface area contributed by atoms with Gasteiger partial charge in [-0.3, -0.25) is 0 Å². The summed E-state index contributed by atoms with van der Waals surface area (Å²) in [6.45, 7) is 10.1. The first kappa shape index (κ1) is 21.4. The fourth-order valence-corrected chi connectivity index (χ4v) is 4.01. The zero-order valence-electron chi connectivity index (χ0n) is 18.0. The van der Waals surface area contributed by atoms with E-state index in [4.69, 9.17) is 9.73 Å². The number of aliphatic imine (C=N–C) groups is 1. The number of likely N-dealkylation sites (tertiary alicyclic amines) is 1. The van der Waals surface area contributed by atoms with Crippen molar-refractivity contribution in [2.24, 2.45) is 4.99 Å². The molecule has 1 heterocycles. The molecule has 1 aliphatic heterocycles. The van der Waals surface area contributed by atoms with Gasteiger partial charge in [0.1, 0.15) is 11.2 Å². The van der Waals surface area contributed by atoms with Crippen molar-refractivity contribution in [1.29, 1.82) is 0 Å². The Balaban J connectivity index is 1.62. The number of ether oxygens (including phenoxy) is 1. The third-order valence-electron chi connectivity index (χ3n) is 5.36. The standard InChI is InChI=1S/C22H34N4O3/c1-5-23-19(24-15-22(28)12-10-16-8-6-7-9-18(16)22)26-13-11-17(14-26)25-20(27)29-21(2,3)4/h6-9,17,28H,5,10-15H2,1-4H3,(H,23,24)(H,25,27)/t17-,22?/m1/s1. The Hall–Kier alpha value is -2.28. The summed E-state index contributed by atoms with van der Waals surface area (Å²) in [5, 5.41) is 17.4. The number of guanidine groups is 1. The summed E-state index contributed by atoms with van der Waals surface area (Å²) in [7, 11) is 0. The number of aliphatic hydroxyl groups is 1. The van der Waals surface area contributed by atoms with Crippen LogP contribution in [0.4, 0.5) is 4.79 Å². The minimum absolute atomic E-state index is 0.0176. The summed E-state index contributed by atoms with van der Waals surface area (Å²) in [6, 6.07) is 8.08. The van der Waals surface area contributed by atoms with Gasteiger partial charge < -0.3 is 25.4 Å². The molecule has 2 aliphatic rings. The summed E-state index contributed by atoms with van der Waals surface area (Å²) in [4.78, 5) is 18.9. The van der Waals surface area contributed by atoms with Crippen LogP contribution < -0.4 is 10.6 Å². The predicted octanol–water partition coefficient (Wildman–Crippen LogP) is 2.38. The average Bonchev–Trinajstić information content (AvgIpc) is 3.23. The number of amides is 1. The topological polar surface area (TPSA) is 86.2 Å². The van der Waals surface area contributed by atoms with E-state index in [2.05, 4.69) is 21.6 Å². The Morgan fingerprint density at radius 3 is 2.86 bits per heavy atom. The maximum atomic E-state index is 12.0. The molecule has 1 saturated heterocycles. The molecule has 0 radical (unpaired) electrons. The van der Waals surface area contributed by atoms with Crippen LogP contribution in [0.2, 0.25) is 0 Å². The summed E-state index contributed by atoms with van der Waals surface area (Å²) in [5.74, 6) is 0.777. The van der Waals surface area contributed by atoms with Crippen LogP contribution in [0.3, 0.4) is 0 Å². The lowest BCUT2D eigenvalue weighted by Gasteiger charge is -2.26. The number of nitrogens with one attached hydrogen (secondary N) is 2. The van der Waals surface area contributed by atoms with E-state index in [0.29, 0.717) is 19.5 Å². The Kier molecular flexibility index (Phi) is 6.36. The smallest absolute Gasteiger partial charge is 0.407 e. The monoisotopic (exact) mass is 402 g/mol. The van der Waals surface area contributed by atoms with Gasteiger partial charge in [0, 0.05) is 19.6 Å². The molecule has 1 unspecified atom stereocenters. The first-order valence-electron chi connectivity index (χ1n) is 10.5. The summed E-state index contributed by atoms with van der Waals surface area (Å²) >= 11 is 0. The fourth-order valence-electron chi connectivity index (χ4n) is 4.01. The summed E-state index contributed by atoms with van der Waals surface area (Å²) in [6.07, 6.45) is 2.02. The Labute approximate surface area is 173 Å². The highest BCUT2D eigenvalue weighted by molar-refractivity contribution is 5.80. The first-order chi connectivity index (χ1) is 13.7. The van der Waals surface area contributed by atoms with Crippen molar-refractivity contribution in [3.8, 4) is 0 Å². The van der Waals surface area contributed by atoms with Gasteiger partial charge in [-0.15, -0.1) is 0 Å². The van der Waals surface area contributed by atoms with Gasteiger partial charge in [0.2, 0.25) is 0 Å². The van der Waals surface area contributed by atoms with E-state index in [0.717, 1.165) is 37.5 Å². The second-order valence-electron chi connectivity index (χ2n) is 8.94. The molecule has 1 aliphatic carbocycles. The van der Waals surface area contributed by atoms with E-state index in [1.165, 1.54) is 5.56 Å². The van der Waals surface area contributed by atoms with Crippen LogP contribution in [0.5, 0.6) is 0 Å². The lowest BCUT2D eigenvalue weighted by molar-refractivity contribution is 0.0483. The van der Waals surface area contributed by atoms with Crippen LogP contribution in [0.25, 0.3) is 0 Å². The van der Waals surface area contributed by atoms with Crippen molar-refractivity contribution in [3.05, 3.63) is 35.4 Å². The van der Waals surface area contributed by atoms with E-state index < -0.39 is 11.2 Å². The van der Waals surface area contributed by atoms with Gasteiger partial charge in [-0.05, 0) is 58.1 Å². The molecule has 0 saturated carbocycles. The number of hydrogen-bond donors (Lipinski definition) is 3. The summed E-state index contributed by atoms with van der Waals surface area (Å²) in [5.41, 5.74) is 0.778. The number of rotatable bonds is 4. The molecular weight excluding hydrogens is 368 g/mol. The number of fused-ring (bicyclic) bond motifs is 1. The molecule has 1 fully saturated rings. The first-order valence-corrected chi connectivity index (χ1v) is 10.5.